The fraction of sp³-hybridized carbons (Fsp3) is 0.375. The van der Waals surface area contributed by atoms with Crippen LogP contribution in [0.25, 0.3) is 5.69 Å². The Balaban J connectivity index is 1.33. The predicted octanol–water partition coefficient (Wildman–Crippen LogP) is 1.87. The van der Waals surface area contributed by atoms with Crippen LogP contribution < -0.4 is 4.74 Å². The van der Waals surface area contributed by atoms with Crippen LogP contribution in [-0.4, -0.2) is 62.5 Å². The Morgan fingerprint density at radius 3 is 2.97 bits per heavy atom. The summed E-state index contributed by atoms with van der Waals surface area (Å²) in [6.45, 7) is 4.11. The summed E-state index contributed by atoms with van der Waals surface area (Å²) < 4.78 is 10.4. The molecule has 0 unspecified atom stereocenters. The Bertz CT molecular complexity index is 1300. The lowest BCUT2D eigenvalue weighted by Gasteiger charge is -2.36. The van der Waals surface area contributed by atoms with Gasteiger partial charge in [-0.25, -0.2) is 4.79 Å². The zero-order valence-corrected chi connectivity index (χ0v) is 18.9. The summed E-state index contributed by atoms with van der Waals surface area (Å²) in [5.74, 6) is 0.628. The highest BCUT2D eigenvalue weighted by atomic mass is 16.5. The Labute approximate surface area is 196 Å². The Hall–Kier alpha value is -3.81. The topological polar surface area (TPSA) is 126 Å². The van der Waals surface area contributed by atoms with E-state index in [4.69, 9.17) is 14.7 Å². The number of aliphatic hydroxyl groups is 1. The van der Waals surface area contributed by atoms with Gasteiger partial charge in [0, 0.05) is 30.6 Å². The number of tetrazole rings is 1. The van der Waals surface area contributed by atoms with E-state index >= 15 is 0 Å². The summed E-state index contributed by atoms with van der Waals surface area (Å²) in [6.07, 6.45) is 0.151. The van der Waals surface area contributed by atoms with Crippen LogP contribution in [0.3, 0.4) is 0 Å². The Morgan fingerprint density at radius 2 is 2.18 bits per heavy atom. The van der Waals surface area contributed by atoms with Gasteiger partial charge in [-0.1, -0.05) is 6.07 Å². The minimum absolute atomic E-state index is 0.0902. The van der Waals surface area contributed by atoms with E-state index in [2.05, 4.69) is 26.4 Å². The lowest BCUT2D eigenvalue weighted by molar-refractivity contribution is 0.0531. The minimum Gasteiger partial charge on any atom is -0.495 e. The third-order valence-electron chi connectivity index (χ3n) is 6.62. The maximum Gasteiger partial charge on any atom is 0.338 e. The second-order valence-electron chi connectivity index (χ2n) is 8.57. The number of piperidine rings is 1. The molecular weight excluding hydrogens is 436 g/mol. The molecule has 10 nitrogen and oxygen atoms in total. The van der Waals surface area contributed by atoms with E-state index < -0.39 is 6.10 Å². The molecule has 2 aromatic carbocycles. The van der Waals surface area contributed by atoms with Gasteiger partial charge in [0.1, 0.15) is 18.4 Å². The first-order valence-corrected chi connectivity index (χ1v) is 11.1. The average molecular weight is 460 g/mol. The number of benzene rings is 2. The van der Waals surface area contributed by atoms with Gasteiger partial charge in [0.05, 0.1) is 36.6 Å². The van der Waals surface area contributed by atoms with Crippen molar-refractivity contribution in [2.24, 2.45) is 0 Å². The van der Waals surface area contributed by atoms with Gasteiger partial charge in [-0.3, -0.25) is 4.90 Å². The third-order valence-corrected chi connectivity index (χ3v) is 6.62. The van der Waals surface area contributed by atoms with Crippen LogP contribution in [0, 0.1) is 18.3 Å². The first-order valence-electron chi connectivity index (χ1n) is 11.1. The van der Waals surface area contributed by atoms with Crippen molar-refractivity contribution in [3.8, 4) is 17.5 Å². The van der Waals surface area contributed by atoms with E-state index in [0.29, 0.717) is 54.4 Å². The molecule has 1 fully saturated rings. The van der Waals surface area contributed by atoms with E-state index in [0.717, 1.165) is 16.7 Å². The van der Waals surface area contributed by atoms with Crippen molar-refractivity contribution in [3.05, 3.63) is 64.0 Å². The highest BCUT2D eigenvalue weighted by Gasteiger charge is 2.33. The highest BCUT2D eigenvalue weighted by Crippen LogP contribution is 2.34. The van der Waals surface area contributed by atoms with E-state index in [1.165, 1.54) is 11.9 Å². The molecule has 5 rings (SSSR count). The number of nitriles is 1. The molecule has 34 heavy (non-hydrogen) atoms. The number of likely N-dealkylation sites (tertiary alicyclic amines) is 1. The molecule has 2 aliphatic heterocycles. The molecule has 2 atom stereocenters. The smallest absolute Gasteiger partial charge is 0.338 e. The van der Waals surface area contributed by atoms with Gasteiger partial charge >= 0.3 is 5.97 Å². The maximum atomic E-state index is 11.9. The molecule has 3 heterocycles. The number of fused-ring (bicyclic) bond motifs is 1. The molecule has 10 heteroatoms. The van der Waals surface area contributed by atoms with E-state index in [1.54, 1.807) is 24.3 Å². The van der Waals surface area contributed by atoms with Gasteiger partial charge in [0.25, 0.3) is 0 Å². The molecule has 174 valence electrons. The normalized spacial score (nSPS) is 20.0. The number of carbonyl (C=O) groups is 1. The van der Waals surface area contributed by atoms with Crippen LogP contribution in [0.1, 0.15) is 50.8 Å². The van der Waals surface area contributed by atoms with Crippen LogP contribution >= 0.6 is 0 Å². The number of nitrogens with zero attached hydrogens (tertiary/aromatic N) is 6. The molecule has 0 amide bonds. The zero-order chi connectivity index (χ0) is 23.8. The van der Waals surface area contributed by atoms with Crippen LogP contribution in [-0.2, 0) is 17.9 Å². The predicted molar refractivity (Wildman–Crippen MR) is 119 cm³/mol. The van der Waals surface area contributed by atoms with Crippen molar-refractivity contribution < 1.29 is 19.4 Å². The van der Waals surface area contributed by atoms with Crippen LogP contribution in [0.2, 0.25) is 0 Å². The fourth-order valence-electron chi connectivity index (χ4n) is 4.74. The lowest BCUT2D eigenvalue weighted by atomic mass is 9.83. The molecular formula is C24H24N6O4. The minimum atomic E-state index is -0.472. The molecule has 0 saturated carbocycles. The quantitative estimate of drug-likeness (QED) is 0.568. The number of aromatic nitrogens is 4. The second-order valence-corrected chi connectivity index (χ2v) is 8.57. The summed E-state index contributed by atoms with van der Waals surface area (Å²) in [5, 5.41) is 32.8. The Morgan fingerprint density at radius 1 is 1.32 bits per heavy atom. The number of hydrogen-bond acceptors (Lipinski definition) is 9. The molecule has 0 radical (unpaired) electrons. The molecule has 1 aromatic heterocycles. The number of rotatable bonds is 5. The number of aliphatic hydroxyl groups excluding tert-OH is 1. The van der Waals surface area contributed by atoms with Gasteiger partial charge in [0.2, 0.25) is 0 Å². The van der Waals surface area contributed by atoms with E-state index in [-0.39, 0.29) is 18.5 Å². The monoisotopic (exact) mass is 460 g/mol. The summed E-state index contributed by atoms with van der Waals surface area (Å²) in [5.41, 5.74) is 4.65. The number of hydrogen-bond donors (Lipinski definition) is 1. The summed E-state index contributed by atoms with van der Waals surface area (Å²) in [7, 11) is 1.51. The van der Waals surface area contributed by atoms with Crippen molar-refractivity contribution in [2.45, 2.75) is 38.5 Å². The zero-order valence-electron chi connectivity index (χ0n) is 18.9. The van der Waals surface area contributed by atoms with Gasteiger partial charge in [-0.15, -0.1) is 15.0 Å². The van der Waals surface area contributed by atoms with Crippen molar-refractivity contribution in [1.29, 1.82) is 5.26 Å². The number of methoxy groups -OCH3 is 1. The van der Waals surface area contributed by atoms with Crippen molar-refractivity contribution in [1.82, 2.24) is 25.1 Å². The molecule has 0 aliphatic carbocycles. The number of esters is 1. The SMILES string of the molecule is COc1cc(-n2nnc(CN3CC[C@@H](O)[C@H](c4ccc5c(c4C)COC5=O)C3)n2)ccc1C#N. The number of carbonyl (C=O) groups excluding carboxylic acids is 1. The first-order chi connectivity index (χ1) is 16.5. The van der Waals surface area contributed by atoms with Crippen molar-refractivity contribution in [2.75, 3.05) is 20.2 Å². The summed E-state index contributed by atoms with van der Waals surface area (Å²) in [4.78, 5) is 15.5. The third kappa shape index (κ3) is 3.89. The molecule has 0 bridgehead atoms. The summed E-state index contributed by atoms with van der Waals surface area (Å²) in [6, 6.07) is 10.9. The molecule has 0 spiro atoms. The maximum absolute atomic E-state index is 11.9. The van der Waals surface area contributed by atoms with Gasteiger partial charge in [0.15, 0.2) is 5.82 Å². The average Bonchev–Trinajstić information content (AvgIpc) is 3.47. The van der Waals surface area contributed by atoms with Crippen molar-refractivity contribution in [3.63, 3.8) is 0 Å². The fourth-order valence-corrected chi connectivity index (χ4v) is 4.74. The Kier molecular flexibility index (Phi) is 5.73. The standard InChI is InChI=1S/C24H24N6O4/c1-14-17(5-6-18-20(14)13-34-24(18)32)19-11-29(8-7-21(19)31)12-23-26-28-30(27-23)16-4-3-15(10-25)22(9-16)33-2/h3-6,9,19,21,31H,7-8,11-13H2,1-2H3/t19-,21+/m0/s1. The van der Waals surface area contributed by atoms with Crippen LogP contribution in [0.15, 0.2) is 30.3 Å². The molecule has 2 aliphatic rings. The molecule has 1 saturated heterocycles. The lowest BCUT2D eigenvalue weighted by Crippen LogP contribution is -2.41. The first kappa shape index (κ1) is 22.0. The number of cyclic esters (lactones) is 1. The number of ether oxygens (including phenoxy) is 2. The van der Waals surface area contributed by atoms with Crippen LogP contribution in [0.4, 0.5) is 0 Å². The summed E-state index contributed by atoms with van der Waals surface area (Å²) >= 11 is 0. The van der Waals surface area contributed by atoms with E-state index in [9.17, 15) is 9.90 Å². The largest absolute Gasteiger partial charge is 0.495 e. The van der Waals surface area contributed by atoms with Crippen molar-refractivity contribution >= 4 is 5.97 Å². The van der Waals surface area contributed by atoms with E-state index in [1.807, 2.05) is 13.0 Å². The van der Waals surface area contributed by atoms with Gasteiger partial charge < -0.3 is 14.6 Å². The highest BCUT2D eigenvalue weighted by molar-refractivity contribution is 5.94. The van der Waals surface area contributed by atoms with Gasteiger partial charge in [-0.05, 0) is 47.9 Å². The molecule has 1 N–H and O–H groups in total. The van der Waals surface area contributed by atoms with Gasteiger partial charge in [-0.2, -0.15) is 5.26 Å². The van der Waals surface area contributed by atoms with Crippen LogP contribution in [0.5, 0.6) is 5.75 Å². The molecule has 3 aromatic rings. The second kappa shape index (κ2) is 8.85.